The SMILES string of the molecule is CN(CCOCCN)Cc1cccc([N+](=O)[O-])c1. The first kappa shape index (κ1) is 14.6. The minimum Gasteiger partial charge on any atom is -0.379 e. The van der Waals surface area contributed by atoms with Gasteiger partial charge < -0.3 is 10.5 Å². The van der Waals surface area contributed by atoms with Crippen molar-refractivity contribution in [1.29, 1.82) is 0 Å². The molecule has 0 aliphatic rings. The number of hydrogen-bond donors (Lipinski definition) is 1. The number of nitrogens with two attached hydrogens (primary N) is 1. The highest BCUT2D eigenvalue weighted by atomic mass is 16.6. The average molecular weight is 253 g/mol. The fraction of sp³-hybridized carbons (Fsp3) is 0.500. The van der Waals surface area contributed by atoms with E-state index >= 15 is 0 Å². The van der Waals surface area contributed by atoms with Gasteiger partial charge in [0.05, 0.1) is 18.1 Å². The van der Waals surface area contributed by atoms with Crippen molar-refractivity contribution < 1.29 is 9.66 Å². The van der Waals surface area contributed by atoms with Gasteiger partial charge in [0, 0.05) is 31.8 Å². The Morgan fingerprint density at radius 3 is 2.89 bits per heavy atom. The Morgan fingerprint density at radius 2 is 2.22 bits per heavy atom. The molecular weight excluding hydrogens is 234 g/mol. The van der Waals surface area contributed by atoms with Crippen LogP contribution in [-0.4, -0.2) is 43.2 Å². The lowest BCUT2D eigenvalue weighted by Gasteiger charge is -2.16. The molecule has 0 unspecified atom stereocenters. The lowest BCUT2D eigenvalue weighted by molar-refractivity contribution is -0.384. The fourth-order valence-corrected chi connectivity index (χ4v) is 1.56. The summed E-state index contributed by atoms with van der Waals surface area (Å²) in [5, 5.41) is 10.6. The topological polar surface area (TPSA) is 81.6 Å². The minimum absolute atomic E-state index is 0.125. The van der Waals surface area contributed by atoms with E-state index < -0.39 is 0 Å². The Morgan fingerprint density at radius 1 is 1.44 bits per heavy atom. The largest absolute Gasteiger partial charge is 0.379 e. The van der Waals surface area contributed by atoms with Gasteiger partial charge in [-0.05, 0) is 12.6 Å². The number of benzene rings is 1. The van der Waals surface area contributed by atoms with Crippen molar-refractivity contribution in [2.24, 2.45) is 5.73 Å². The monoisotopic (exact) mass is 253 g/mol. The molecule has 0 amide bonds. The summed E-state index contributed by atoms with van der Waals surface area (Å²) in [5.74, 6) is 0. The molecule has 0 aromatic heterocycles. The normalized spacial score (nSPS) is 10.8. The number of ether oxygens (including phenoxy) is 1. The first-order valence-electron chi connectivity index (χ1n) is 5.83. The average Bonchev–Trinajstić information content (AvgIpc) is 2.35. The molecule has 0 aliphatic carbocycles. The van der Waals surface area contributed by atoms with Crippen LogP contribution in [0.5, 0.6) is 0 Å². The Balaban J connectivity index is 2.41. The summed E-state index contributed by atoms with van der Waals surface area (Å²) in [6, 6.07) is 6.67. The zero-order valence-corrected chi connectivity index (χ0v) is 10.5. The van der Waals surface area contributed by atoms with Crippen molar-refractivity contribution in [3.8, 4) is 0 Å². The Kier molecular flexibility index (Phi) is 6.27. The minimum atomic E-state index is -0.381. The third-order valence-electron chi connectivity index (χ3n) is 2.45. The van der Waals surface area contributed by atoms with E-state index in [2.05, 4.69) is 4.90 Å². The summed E-state index contributed by atoms with van der Waals surface area (Å²) >= 11 is 0. The van der Waals surface area contributed by atoms with Crippen LogP contribution in [0.25, 0.3) is 0 Å². The van der Waals surface area contributed by atoms with Crippen LogP contribution in [0.3, 0.4) is 0 Å². The molecule has 1 aromatic carbocycles. The van der Waals surface area contributed by atoms with Gasteiger partial charge in [-0.3, -0.25) is 15.0 Å². The van der Waals surface area contributed by atoms with Gasteiger partial charge >= 0.3 is 0 Å². The van der Waals surface area contributed by atoms with Crippen LogP contribution in [0.4, 0.5) is 5.69 Å². The lowest BCUT2D eigenvalue weighted by Crippen LogP contribution is -2.23. The van der Waals surface area contributed by atoms with Gasteiger partial charge in [0.1, 0.15) is 0 Å². The number of non-ortho nitro benzene ring substituents is 1. The summed E-state index contributed by atoms with van der Waals surface area (Å²) in [5.41, 5.74) is 6.36. The molecule has 0 aliphatic heterocycles. The van der Waals surface area contributed by atoms with Gasteiger partial charge in [-0.1, -0.05) is 12.1 Å². The third-order valence-corrected chi connectivity index (χ3v) is 2.45. The van der Waals surface area contributed by atoms with Crippen molar-refractivity contribution >= 4 is 5.69 Å². The zero-order chi connectivity index (χ0) is 13.4. The maximum absolute atomic E-state index is 10.6. The molecule has 6 heteroatoms. The summed E-state index contributed by atoms with van der Waals surface area (Å²) < 4.78 is 5.28. The van der Waals surface area contributed by atoms with Crippen LogP contribution in [0, 0.1) is 10.1 Å². The highest BCUT2D eigenvalue weighted by Gasteiger charge is 2.07. The molecule has 0 saturated carbocycles. The summed E-state index contributed by atoms with van der Waals surface area (Å²) in [4.78, 5) is 12.3. The van der Waals surface area contributed by atoms with Crippen LogP contribution >= 0.6 is 0 Å². The smallest absolute Gasteiger partial charge is 0.269 e. The standard InChI is InChI=1S/C12H19N3O3/c1-14(6-8-18-7-5-13)10-11-3-2-4-12(9-11)15(16)17/h2-4,9H,5-8,10,13H2,1H3. The summed E-state index contributed by atoms with van der Waals surface area (Å²) in [7, 11) is 1.95. The first-order valence-corrected chi connectivity index (χ1v) is 5.83. The van der Waals surface area contributed by atoms with Crippen LogP contribution in [0.1, 0.15) is 5.56 Å². The molecule has 0 heterocycles. The van der Waals surface area contributed by atoms with Gasteiger partial charge in [0.15, 0.2) is 0 Å². The van der Waals surface area contributed by atoms with Gasteiger partial charge in [0.2, 0.25) is 0 Å². The number of hydrogen-bond acceptors (Lipinski definition) is 5. The van der Waals surface area contributed by atoms with E-state index in [1.54, 1.807) is 12.1 Å². The fourth-order valence-electron chi connectivity index (χ4n) is 1.56. The number of nitro benzene ring substituents is 1. The Labute approximate surface area is 106 Å². The van der Waals surface area contributed by atoms with Crippen molar-refractivity contribution in [3.05, 3.63) is 39.9 Å². The number of rotatable bonds is 8. The molecule has 6 nitrogen and oxygen atoms in total. The van der Waals surface area contributed by atoms with Gasteiger partial charge in [0.25, 0.3) is 5.69 Å². The van der Waals surface area contributed by atoms with E-state index in [1.807, 2.05) is 13.1 Å². The van der Waals surface area contributed by atoms with Gasteiger partial charge in [-0.25, -0.2) is 0 Å². The number of nitro groups is 1. The molecule has 0 fully saturated rings. The van der Waals surface area contributed by atoms with Crippen molar-refractivity contribution in [1.82, 2.24) is 4.90 Å². The lowest BCUT2D eigenvalue weighted by atomic mass is 10.2. The summed E-state index contributed by atoms with van der Waals surface area (Å²) in [6.45, 7) is 3.12. The second kappa shape index (κ2) is 7.75. The van der Waals surface area contributed by atoms with Crippen LogP contribution in [0.15, 0.2) is 24.3 Å². The third kappa shape index (κ3) is 5.22. The van der Waals surface area contributed by atoms with Crippen molar-refractivity contribution in [2.45, 2.75) is 6.54 Å². The molecule has 0 spiro atoms. The molecule has 18 heavy (non-hydrogen) atoms. The molecule has 1 aromatic rings. The quantitative estimate of drug-likeness (QED) is 0.424. The van der Waals surface area contributed by atoms with Crippen LogP contribution in [-0.2, 0) is 11.3 Å². The molecular formula is C12H19N3O3. The Hall–Kier alpha value is -1.50. The first-order chi connectivity index (χ1) is 8.63. The summed E-state index contributed by atoms with van der Waals surface area (Å²) in [6.07, 6.45) is 0. The van der Waals surface area contributed by atoms with Crippen molar-refractivity contribution in [2.75, 3.05) is 33.4 Å². The Bertz CT molecular complexity index is 385. The second-order valence-electron chi connectivity index (χ2n) is 4.07. The molecule has 0 radical (unpaired) electrons. The molecule has 0 atom stereocenters. The van der Waals surface area contributed by atoms with E-state index in [1.165, 1.54) is 6.07 Å². The molecule has 0 saturated heterocycles. The highest BCUT2D eigenvalue weighted by molar-refractivity contribution is 5.34. The van der Waals surface area contributed by atoms with E-state index in [4.69, 9.17) is 10.5 Å². The van der Waals surface area contributed by atoms with E-state index in [9.17, 15) is 10.1 Å². The predicted molar refractivity (Wildman–Crippen MR) is 69.3 cm³/mol. The van der Waals surface area contributed by atoms with E-state index in [0.29, 0.717) is 26.3 Å². The van der Waals surface area contributed by atoms with Gasteiger partial charge in [-0.15, -0.1) is 0 Å². The van der Waals surface area contributed by atoms with Gasteiger partial charge in [-0.2, -0.15) is 0 Å². The number of likely N-dealkylation sites (N-methyl/N-ethyl adjacent to an activating group) is 1. The highest BCUT2D eigenvalue weighted by Crippen LogP contribution is 2.14. The van der Waals surface area contributed by atoms with Crippen LogP contribution in [0.2, 0.25) is 0 Å². The number of nitrogens with zero attached hydrogens (tertiary/aromatic N) is 2. The maximum atomic E-state index is 10.6. The molecule has 0 bridgehead atoms. The van der Waals surface area contributed by atoms with E-state index in [-0.39, 0.29) is 10.6 Å². The molecule has 2 N–H and O–H groups in total. The molecule has 100 valence electrons. The zero-order valence-electron chi connectivity index (χ0n) is 10.5. The predicted octanol–water partition coefficient (Wildman–Crippen LogP) is 1.00. The maximum Gasteiger partial charge on any atom is 0.269 e. The second-order valence-corrected chi connectivity index (χ2v) is 4.07. The van der Waals surface area contributed by atoms with E-state index in [0.717, 1.165) is 12.1 Å². The van der Waals surface area contributed by atoms with Crippen molar-refractivity contribution in [3.63, 3.8) is 0 Å². The molecule has 1 rings (SSSR count). The van der Waals surface area contributed by atoms with Crippen LogP contribution < -0.4 is 5.73 Å².